The highest BCUT2D eigenvalue weighted by Crippen LogP contribution is 2.23. The van der Waals surface area contributed by atoms with Gasteiger partial charge in [0.15, 0.2) is 0 Å². The van der Waals surface area contributed by atoms with Gasteiger partial charge in [-0.25, -0.2) is 0 Å². The molecule has 0 radical (unpaired) electrons. The second-order valence-corrected chi connectivity index (χ2v) is 4.13. The Morgan fingerprint density at radius 3 is 2.82 bits per heavy atom. The summed E-state index contributed by atoms with van der Waals surface area (Å²) in [5.41, 5.74) is 8.75. The minimum absolute atomic E-state index is 0.364. The first-order chi connectivity index (χ1) is 8.13. The van der Waals surface area contributed by atoms with Crippen LogP contribution in [0.3, 0.4) is 0 Å². The van der Waals surface area contributed by atoms with Crippen molar-refractivity contribution in [3.05, 3.63) is 35.5 Å². The molecule has 2 aromatic rings. The van der Waals surface area contributed by atoms with Crippen LogP contribution in [0.1, 0.15) is 18.2 Å². The van der Waals surface area contributed by atoms with E-state index in [2.05, 4.69) is 4.98 Å². The van der Waals surface area contributed by atoms with Crippen LogP contribution in [0.25, 0.3) is 10.9 Å². The fourth-order valence-corrected chi connectivity index (χ4v) is 2.10. The van der Waals surface area contributed by atoms with Crippen molar-refractivity contribution in [3.8, 4) is 0 Å². The zero-order chi connectivity index (χ0) is 12.4. The Bertz CT molecular complexity index is 545. The molecule has 0 spiro atoms. The van der Waals surface area contributed by atoms with Crippen LogP contribution in [-0.4, -0.2) is 22.1 Å². The number of H-pyrrole nitrogens is 1. The van der Waals surface area contributed by atoms with Crippen molar-refractivity contribution < 1.29 is 9.90 Å². The zero-order valence-electron chi connectivity index (χ0n) is 9.73. The molecule has 0 amide bonds. The number of fused-ring (bicyclic) bond motifs is 1. The van der Waals surface area contributed by atoms with Crippen LogP contribution in [0.15, 0.2) is 24.3 Å². The standard InChI is InChI=1S/C13H16N2O2/c1-2-11-9(7-10(14)13(16)17)8-5-3-4-6-12(8)15-11/h3-6,10,15H,2,7,14H2,1H3,(H,16,17). The first kappa shape index (κ1) is 11.7. The molecule has 1 unspecified atom stereocenters. The lowest BCUT2D eigenvalue weighted by molar-refractivity contribution is -0.138. The van der Waals surface area contributed by atoms with Crippen LogP contribution in [0.2, 0.25) is 0 Å². The van der Waals surface area contributed by atoms with E-state index in [9.17, 15) is 4.79 Å². The normalized spacial score (nSPS) is 12.8. The SMILES string of the molecule is CCc1[nH]c2ccccc2c1CC(N)C(=O)O. The van der Waals surface area contributed by atoms with E-state index in [4.69, 9.17) is 10.8 Å². The smallest absolute Gasteiger partial charge is 0.320 e. The maximum absolute atomic E-state index is 10.8. The van der Waals surface area contributed by atoms with Gasteiger partial charge in [-0.2, -0.15) is 0 Å². The van der Waals surface area contributed by atoms with Crippen molar-refractivity contribution in [2.75, 3.05) is 0 Å². The number of hydrogen-bond donors (Lipinski definition) is 3. The molecule has 1 aromatic heterocycles. The second kappa shape index (κ2) is 4.59. The Kier molecular flexibility index (Phi) is 3.15. The van der Waals surface area contributed by atoms with Crippen LogP contribution in [0.4, 0.5) is 0 Å². The Morgan fingerprint density at radius 2 is 2.18 bits per heavy atom. The highest BCUT2D eigenvalue weighted by Gasteiger charge is 2.17. The number of para-hydroxylation sites is 1. The molecular formula is C13H16N2O2. The lowest BCUT2D eigenvalue weighted by Crippen LogP contribution is -2.32. The number of carbonyl (C=O) groups is 1. The number of benzene rings is 1. The van der Waals surface area contributed by atoms with Crippen LogP contribution in [-0.2, 0) is 17.6 Å². The van der Waals surface area contributed by atoms with E-state index >= 15 is 0 Å². The molecular weight excluding hydrogens is 216 g/mol. The molecule has 0 fully saturated rings. The first-order valence-corrected chi connectivity index (χ1v) is 5.70. The minimum atomic E-state index is -0.961. The van der Waals surface area contributed by atoms with E-state index in [0.717, 1.165) is 28.6 Å². The van der Waals surface area contributed by atoms with E-state index in [1.165, 1.54) is 0 Å². The largest absolute Gasteiger partial charge is 0.480 e. The van der Waals surface area contributed by atoms with Gasteiger partial charge in [-0.1, -0.05) is 25.1 Å². The molecule has 0 aliphatic heterocycles. The fourth-order valence-electron chi connectivity index (χ4n) is 2.10. The number of aliphatic carboxylic acids is 1. The van der Waals surface area contributed by atoms with Crippen molar-refractivity contribution in [2.45, 2.75) is 25.8 Å². The van der Waals surface area contributed by atoms with E-state index in [-0.39, 0.29) is 0 Å². The van der Waals surface area contributed by atoms with Crippen molar-refractivity contribution in [3.63, 3.8) is 0 Å². The summed E-state index contributed by atoms with van der Waals surface area (Å²) < 4.78 is 0. The Balaban J connectivity index is 2.46. The van der Waals surface area contributed by atoms with Crippen molar-refractivity contribution >= 4 is 16.9 Å². The molecule has 0 saturated heterocycles. The summed E-state index contributed by atoms with van der Waals surface area (Å²) in [7, 11) is 0. The molecule has 0 saturated carbocycles. The maximum atomic E-state index is 10.8. The number of carboxylic acid groups (broad SMARTS) is 1. The highest BCUT2D eigenvalue weighted by atomic mass is 16.4. The predicted octanol–water partition coefficient (Wildman–Crippen LogP) is 1.68. The molecule has 0 aliphatic carbocycles. The maximum Gasteiger partial charge on any atom is 0.320 e. The highest BCUT2D eigenvalue weighted by molar-refractivity contribution is 5.85. The topological polar surface area (TPSA) is 79.1 Å². The molecule has 17 heavy (non-hydrogen) atoms. The van der Waals surface area contributed by atoms with Crippen LogP contribution >= 0.6 is 0 Å². The monoisotopic (exact) mass is 232 g/mol. The van der Waals surface area contributed by atoms with Crippen molar-refractivity contribution in [1.82, 2.24) is 4.98 Å². The predicted molar refractivity (Wildman–Crippen MR) is 67.0 cm³/mol. The second-order valence-electron chi connectivity index (χ2n) is 4.13. The minimum Gasteiger partial charge on any atom is -0.480 e. The number of hydrogen-bond acceptors (Lipinski definition) is 2. The summed E-state index contributed by atoms with van der Waals surface area (Å²) in [6.07, 6.45) is 1.21. The summed E-state index contributed by atoms with van der Waals surface area (Å²) in [5.74, 6) is -0.961. The average molecular weight is 232 g/mol. The summed E-state index contributed by atoms with van der Waals surface area (Å²) in [6, 6.07) is 7.04. The van der Waals surface area contributed by atoms with E-state index in [0.29, 0.717) is 6.42 Å². The first-order valence-electron chi connectivity index (χ1n) is 5.70. The van der Waals surface area contributed by atoms with Gasteiger partial charge in [-0.3, -0.25) is 4.79 Å². The van der Waals surface area contributed by atoms with E-state index in [1.54, 1.807) is 0 Å². The van der Waals surface area contributed by atoms with Crippen molar-refractivity contribution in [1.29, 1.82) is 0 Å². The molecule has 0 bridgehead atoms. The molecule has 2 rings (SSSR count). The van der Waals surface area contributed by atoms with Gasteiger partial charge in [0.2, 0.25) is 0 Å². The molecule has 90 valence electrons. The Morgan fingerprint density at radius 1 is 1.47 bits per heavy atom. The zero-order valence-corrected chi connectivity index (χ0v) is 9.73. The van der Waals surface area contributed by atoms with Gasteiger partial charge in [0.1, 0.15) is 6.04 Å². The third-order valence-corrected chi connectivity index (χ3v) is 3.00. The van der Waals surface area contributed by atoms with Gasteiger partial charge < -0.3 is 15.8 Å². The molecule has 1 heterocycles. The quantitative estimate of drug-likeness (QED) is 0.750. The number of aromatic amines is 1. The van der Waals surface area contributed by atoms with Gasteiger partial charge in [0, 0.05) is 23.0 Å². The average Bonchev–Trinajstić information content (AvgIpc) is 2.67. The molecule has 4 heteroatoms. The lowest BCUT2D eigenvalue weighted by Gasteiger charge is -2.07. The van der Waals surface area contributed by atoms with Gasteiger partial charge in [0.05, 0.1) is 0 Å². The van der Waals surface area contributed by atoms with E-state index < -0.39 is 12.0 Å². The lowest BCUT2D eigenvalue weighted by atomic mass is 10.0. The number of aryl methyl sites for hydroxylation is 1. The van der Waals surface area contributed by atoms with Crippen molar-refractivity contribution in [2.24, 2.45) is 5.73 Å². The number of nitrogens with two attached hydrogens (primary N) is 1. The van der Waals surface area contributed by atoms with Gasteiger partial charge >= 0.3 is 5.97 Å². The summed E-state index contributed by atoms with van der Waals surface area (Å²) >= 11 is 0. The van der Waals surface area contributed by atoms with Gasteiger partial charge in [-0.15, -0.1) is 0 Å². The molecule has 1 atom stereocenters. The summed E-state index contributed by atoms with van der Waals surface area (Å²) in [5, 5.41) is 9.95. The molecule has 1 aromatic carbocycles. The van der Waals surface area contributed by atoms with Crippen LogP contribution in [0, 0.1) is 0 Å². The van der Waals surface area contributed by atoms with Crippen LogP contribution in [0.5, 0.6) is 0 Å². The number of aromatic nitrogens is 1. The third-order valence-electron chi connectivity index (χ3n) is 3.00. The molecule has 0 aliphatic rings. The third kappa shape index (κ3) is 2.17. The number of rotatable bonds is 4. The van der Waals surface area contributed by atoms with Crippen LogP contribution < -0.4 is 5.73 Å². The number of nitrogens with one attached hydrogen (secondary N) is 1. The van der Waals surface area contributed by atoms with Gasteiger partial charge in [0.25, 0.3) is 0 Å². The molecule has 4 N–H and O–H groups in total. The van der Waals surface area contributed by atoms with E-state index in [1.807, 2.05) is 31.2 Å². The Hall–Kier alpha value is -1.81. The summed E-state index contributed by atoms with van der Waals surface area (Å²) in [6.45, 7) is 2.04. The number of carboxylic acids is 1. The summed E-state index contributed by atoms with van der Waals surface area (Å²) in [4.78, 5) is 14.1. The Labute approximate surface area is 99.4 Å². The fraction of sp³-hybridized carbons (Fsp3) is 0.308. The molecule has 4 nitrogen and oxygen atoms in total. The van der Waals surface area contributed by atoms with Gasteiger partial charge in [-0.05, 0) is 18.1 Å².